The van der Waals surface area contributed by atoms with Crippen molar-refractivity contribution in [3.63, 3.8) is 0 Å². The van der Waals surface area contributed by atoms with E-state index in [4.69, 9.17) is 0 Å². The molecule has 2 heterocycles. The van der Waals surface area contributed by atoms with Gasteiger partial charge in [0.15, 0.2) is 0 Å². The SMILES string of the molecule is CCC1(C(=O)N2C(C)CCCC2C)CCCNC1. The summed E-state index contributed by atoms with van der Waals surface area (Å²) in [6.07, 6.45) is 6.77. The number of carbonyl (C=O) groups excluding carboxylic acids is 1. The van der Waals surface area contributed by atoms with Gasteiger partial charge in [-0.05, 0) is 58.9 Å². The molecule has 0 saturated carbocycles. The first kappa shape index (κ1) is 13.9. The zero-order chi connectivity index (χ0) is 13.2. The number of hydrogen-bond donors (Lipinski definition) is 1. The molecule has 2 aliphatic rings. The molecule has 3 heteroatoms. The average molecular weight is 252 g/mol. The van der Waals surface area contributed by atoms with E-state index in [0.29, 0.717) is 18.0 Å². The predicted molar refractivity (Wildman–Crippen MR) is 74.4 cm³/mol. The fourth-order valence-electron chi connectivity index (χ4n) is 3.70. The number of likely N-dealkylation sites (tertiary alicyclic amines) is 1. The third-order valence-electron chi connectivity index (χ3n) is 5.03. The maximum atomic E-state index is 13.0. The molecular formula is C15H28N2O. The Morgan fingerprint density at radius 1 is 1.28 bits per heavy atom. The lowest BCUT2D eigenvalue weighted by Crippen LogP contribution is -2.57. The summed E-state index contributed by atoms with van der Waals surface area (Å²) in [5, 5.41) is 3.43. The highest BCUT2D eigenvalue weighted by atomic mass is 16.2. The highest BCUT2D eigenvalue weighted by Crippen LogP contribution is 2.36. The highest BCUT2D eigenvalue weighted by Gasteiger charge is 2.43. The lowest BCUT2D eigenvalue weighted by molar-refractivity contribution is -0.150. The lowest BCUT2D eigenvalue weighted by Gasteiger charge is -2.46. The first-order valence-electron chi connectivity index (χ1n) is 7.64. The minimum absolute atomic E-state index is 0.127. The molecule has 0 aromatic rings. The van der Waals surface area contributed by atoms with E-state index in [9.17, 15) is 4.79 Å². The number of nitrogens with one attached hydrogen (secondary N) is 1. The van der Waals surface area contributed by atoms with Gasteiger partial charge in [0.05, 0.1) is 5.41 Å². The molecule has 2 aliphatic heterocycles. The summed E-state index contributed by atoms with van der Waals surface area (Å²) in [6, 6.07) is 0.846. The smallest absolute Gasteiger partial charge is 0.230 e. The van der Waals surface area contributed by atoms with E-state index >= 15 is 0 Å². The van der Waals surface area contributed by atoms with Crippen molar-refractivity contribution in [2.75, 3.05) is 13.1 Å². The molecule has 0 radical (unpaired) electrons. The first-order chi connectivity index (χ1) is 8.60. The first-order valence-corrected chi connectivity index (χ1v) is 7.64. The molecule has 0 aromatic carbocycles. The number of amides is 1. The second-order valence-electron chi connectivity index (χ2n) is 6.26. The number of piperidine rings is 2. The summed E-state index contributed by atoms with van der Waals surface area (Å²) in [7, 11) is 0. The fourth-order valence-corrected chi connectivity index (χ4v) is 3.70. The lowest BCUT2D eigenvalue weighted by atomic mass is 9.76. The highest BCUT2D eigenvalue weighted by molar-refractivity contribution is 5.83. The molecule has 2 rings (SSSR count). The Balaban J connectivity index is 2.16. The van der Waals surface area contributed by atoms with Crippen LogP contribution in [0.2, 0.25) is 0 Å². The second-order valence-corrected chi connectivity index (χ2v) is 6.26. The summed E-state index contributed by atoms with van der Waals surface area (Å²) < 4.78 is 0. The third kappa shape index (κ3) is 2.42. The van der Waals surface area contributed by atoms with Crippen LogP contribution in [0.3, 0.4) is 0 Å². The molecule has 1 N–H and O–H groups in total. The van der Waals surface area contributed by atoms with Gasteiger partial charge in [0, 0.05) is 18.6 Å². The van der Waals surface area contributed by atoms with Crippen molar-refractivity contribution < 1.29 is 4.79 Å². The Hall–Kier alpha value is -0.570. The van der Waals surface area contributed by atoms with E-state index in [1.807, 2.05) is 0 Å². The van der Waals surface area contributed by atoms with Crippen molar-refractivity contribution in [3.8, 4) is 0 Å². The van der Waals surface area contributed by atoms with Crippen molar-refractivity contribution in [3.05, 3.63) is 0 Å². The Bertz CT molecular complexity index is 287. The van der Waals surface area contributed by atoms with Crippen LogP contribution in [0, 0.1) is 5.41 Å². The van der Waals surface area contributed by atoms with Gasteiger partial charge < -0.3 is 10.2 Å². The molecule has 3 atom stereocenters. The van der Waals surface area contributed by atoms with E-state index in [1.165, 1.54) is 19.3 Å². The van der Waals surface area contributed by atoms with Crippen LogP contribution in [0.5, 0.6) is 0 Å². The van der Waals surface area contributed by atoms with Crippen LogP contribution in [-0.4, -0.2) is 36.0 Å². The third-order valence-corrected chi connectivity index (χ3v) is 5.03. The van der Waals surface area contributed by atoms with Gasteiger partial charge in [0.25, 0.3) is 0 Å². The molecule has 2 saturated heterocycles. The van der Waals surface area contributed by atoms with Gasteiger partial charge in [-0.1, -0.05) is 6.92 Å². The van der Waals surface area contributed by atoms with Crippen LogP contribution in [0.4, 0.5) is 0 Å². The standard InChI is InChI=1S/C15H28N2O/c1-4-15(9-6-10-16-11-15)14(18)17-12(2)7-5-8-13(17)3/h12-13,16H,4-11H2,1-3H3. The van der Waals surface area contributed by atoms with E-state index in [1.54, 1.807) is 0 Å². The molecule has 2 fully saturated rings. The van der Waals surface area contributed by atoms with E-state index < -0.39 is 0 Å². The zero-order valence-corrected chi connectivity index (χ0v) is 12.2. The van der Waals surface area contributed by atoms with Crippen molar-refractivity contribution >= 4 is 5.91 Å². The van der Waals surface area contributed by atoms with Crippen LogP contribution in [0.25, 0.3) is 0 Å². The maximum absolute atomic E-state index is 13.0. The van der Waals surface area contributed by atoms with Crippen LogP contribution < -0.4 is 5.32 Å². The minimum Gasteiger partial charge on any atom is -0.337 e. The molecule has 3 nitrogen and oxygen atoms in total. The van der Waals surface area contributed by atoms with Gasteiger partial charge in [-0.2, -0.15) is 0 Å². The number of carbonyl (C=O) groups is 1. The molecule has 0 bridgehead atoms. The maximum Gasteiger partial charge on any atom is 0.230 e. The molecule has 0 aromatic heterocycles. The summed E-state index contributed by atoms with van der Waals surface area (Å²) in [5.74, 6) is 0.414. The van der Waals surface area contributed by atoms with Crippen molar-refractivity contribution in [2.45, 2.75) is 71.4 Å². The topological polar surface area (TPSA) is 32.3 Å². The molecule has 104 valence electrons. The number of hydrogen-bond acceptors (Lipinski definition) is 2. The minimum atomic E-state index is -0.127. The summed E-state index contributed by atoms with van der Waals surface area (Å²) in [4.78, 5) is 15.2. The largest absolute Gasteiger partial charge is 0.337 e. The number of rotatable bonds is 2. The van der Waals surface area contributed by atoms with Gasteiger partial charge >= 0.3 is 0 Å². The van der Waals surface area contributed by atoms with Gasteiger partial charge in [0.1, 0.15) is 0 Å². The van der Waals surface area contributed by atoms with Crippen molar-refractivity contribution in [1.82, 2.24) is 10.2 Å². The Kier molecular flexibility index (Phi) is 4.31. The molecule has 0 spiro atoms. The Morgan fingerprint density at radius 2 is 1.94 bits per heavy atom. The van der Waals surface area contributed by atoms with E-state index in [2.05, 4.69) is 31.0 Å². The zero-order valence-electron chi connectivity index (χ0n) is 12.2. The van der Waals surface area contributed by atoms with Crippen molar-refractivity contribution in [1.29, 1.82) is 0 Å². The van der Waals surface area contributed by atoms with Crippen LogP contribution in [0.1, 0.15) is 59.3 Å². The molecule has 18 heavy (non-hydrogen) atoms. The van der Waals surface area contributed by atoms with E-state index in [-0.39, 0.29) is 5.41 Å². The van der Waals surface area contributed by atoms with Gasteiger partial charge in [0.2, 0.25) is 5.91 Å². The van der Waals surface area contributed by atoms with Crippen LogP contribution in [-0.2, 0) is 4.79 Å². The monoisotopic (exact) mass is 252 g/mol. The Labute approximate surface area is 111 Å². The van der Waals surface area contributed by atoms with Gasteiger partial charge in [-0.25, -0.2) is 0 Å². The van der Waals surface area contributed by atoms with Crippen molar-refractivity contribution in [2.24, 2.45) is 5.41 Å². The average Bonchev–Trinajstić information content (AvgIpc) is 2.39. The molecule has 3 unspecified atom stereocenters. The summed E-state index contributed by atoms with van der Waals surface area (Å²) >= 11 is 0. The molecule has 0 aliphatic carbocycles. The Morgan fingerprint density at radius 3 is 2.44 bits per heavy atom. The normalized spacial score (nSPS) is 37.6. The quantitative estimate of drug-likeness (QED) is 0.819. The predicted octanol–water partition coefficient (Wildman–Crippen LogP) is 2.56. The van der Waals surface area contributed by atoms with Crippen LogP contribution >= 0.6 is 0 Å². The fraction of sp³-hybridized carbons (Fsp3) is 0.933. The molecule has 1 amide bonds. The summed E-state index contributed by atoms with van der Waals surface area (Å²) in [5.41, 5.74) is -0.127. The summed E-state index contributed by atoms with van der Waals surface area (Å²) in [6.45, 7) is 8.54. The van der Waals surface area contributed by atoms with Gasteiger partial charge in [-0.15, -0.1) is 0 Å². The second kappa shape index (κ2) is 5.60. The van der Waals surface area contributed by atoms with E-state index in [0.717, 1.165) is 32.4 Å². The molecular weight excluding hydrogens is 224 g/mol. The van der Waals surface area contributed by atoms with Gasteiger partial charge in [-0.3, -0.25) is 4.79 Å². The van der Waals surface area contributed by atoms with Crippen LogP contribution in [0.15, 0.2) is 0 Å². The number of nitrogens with zero attached hydrogens (tertiary/aromatic N) is 1.